The van der Waals surface area contributed by atoms with Crippen molar-refractivity contribution in [2.75, 3.05) is 0 Å². The largest absolute Gasteiger partial charge is 0.391 e. The van der Waals surface area contributed by atoms with Crippen LogP contribution in [-0.2, 0) is 14.4 Å². The number of aldehydes is 1. The van der Waals surface area contributed by atoms with Crippen LogP contribution in [0.5, 0.6) is 0 Å². The van der Waals surface area contributed by atoms with Gasteiger partial charge in [0.05, 0.1) is 12.1 Å². The Morgan fingerprint density at radius 3 is 1.88 bits per heavy atom. The molecule has 0 fully saturated rings. The van der Waals surface area contributed by atoms with E-state index in [0.29, 0.717) is 6.29 Å². The van der Waals surface area contributed by atoms with Crippen molar-refractivity contribution in [1.82, 2.24) is 10.6 Å². The summed E-state index contributed by atoms with van der Waals surface area (Å²) in [6, 6.07) is -2.21. The summed E-state index contributed by atoms with van der Waals surface area (Å²) in [5.41, 5.74) is 0. The van der Waals surface area contributed by atoms with E-state index in [9.17, 15) is 24.6 Å². The van der Waals surface area contributed by atoms with Crippen LogP contribution < -0.4 is 10.6 Å². The number of aliphatic hydroxyl groups is 2. The highest BCUT2D eigenvalue weighted by Crippen LogP contribution is 2.04. The first-order valence-corrected chi connectivity index (χ1v) is 5.15. The van der Waals surface area contributed by atoms with Crippen LogP contribution in [0.4, 0.5) is 0 Å². The van der Waals surface area contributed by atoms with Crippen LogP contribution in [0.2, 0.25) is 0 Å². The van der Waals surface area contributed by atoms with Crippen molar-refractivity contribution >= 4 is 18.1 Å². The molecule has 2 amide bonds. The van der Waals surface area contributed by atoms with Crippen LogP contribution in [-0.4, -0.2) is 52.6 Å². The van der Waals surface area contributed by atoms with Gasteiger partial charge < -0.3 is 25.6 Å². The van der Waals surface area contributed by atoms with E-state index in [4.69, 9.17) is 0 Å². The van der Waals surface area contributed by atoms with Gasteiger partial charge in [0, 0.05) is 13.8 Å². The minimum atomic E-state index is -1.40. The van der Waals surface area contributed by atoms with Crippen molar-refractivity contribution in [2.45, 2.75) is 45.1 Å². The Morgan fingerprint density at radius 2 is 1.59 bits per heavy atom. The molecule has 98 valence electrons. The molecule has 4 N–H and O–H groups in total. The lowest BCUT2D eigenvalue weighted by Crippen LogP contribution is -2.58. The number of nitrogens with one attached hydrogen (secondary N) is 2. The minimum Gasteiger partial charge on any atom is -0.391 e. The van der Waals surface area contributed by atoms with Gasteiger partial charge in [-0.1, -0.05) is 0 Å². The highest BCUT2D eigenvalue weighted by molar-refractivity contribution is 5.78. The second-order valence-electron chi connectivity index (χ2n) is 3.82. The predicted molar refractivity (Wildman–Crippen MR) is 59.0 cm³/mol. The zero-order chi connectivity index (χ0) is 13.6. The topological polar surface area (TPSA) is 116 Å². The van der Waals surface area contributed by atoms with E-state index in [2.05, 4.69) is 10.6 Å². The molecule has 0 unspecified atom stereocenters. The van der Waals surface area contributed by atoms with Crippen molar-refractivity contribution in [3.63, 3.8) is 0 Å². The molecule has 0 aromatic heterocycles. The fourth-order valence-corrected chi connectivity index (χ4v) is 1.38. The number of carbonyl (C=O) groups is 3. The lowest BCUT2D eigenvalue weighted by atomic mass is 9.99. The molecule has 7 heteroatoms. The van der Waals surface area contributed by atoms with Crippen LogP contribution in [0.3, 0.4) is 0 Å². The molecule has 7 nitrogen and oxygen atoms in total. The molecule has 0 aliphatic heterocycles. The quantitative estimate of drug-likeness (QED) is 0.402. The summed E-state index contributed by atoms with van der Waals surface area (Å²) < 4.78 is 0. The van der Waals surface area contributed by atoms with Crippen LogP contribution in [0.1, 0.15) is 20.8 Å². The maximum absolute atomic E-state index is 10.9. The van der Waals surface area contributed by atoms with Crippen LogP contribution in [0, 0.1) is 0 Å². The van der Waals surface area contributed by atoms with Gasteiger partial charge in [-0.25, -0.2) is 0 Å². The summed E-state index contributed by atoms with van der Waals surface area (Å²) in [4.78, 5) is 32.4. The average Bonchev–Trinajstić information content (AvgIpc) is 2.20. The number of hydrogen-bond acceptors (Lipinski definition) is 5. The summed E-state index contributed by atoms with van der Waals surface area (Å²) in [6.45, 7) is 3.77. The number of carbonyl (C=O) groups excluding carboxylic acids is 3. The zero-order valence-corrected chi connectivity index (χ0v) is 10.0. The molecule has 0 aromatic rings. The summed E-state index contributed by atoms with van der Waals surface area (Å²) in [6.07, 6.45) is -2.12. The molecule has 0 aliphatic carbocycles. The lowest BCUT2D eigenvalue weighted by Gasteiger charge is -2.29. The molecule has 0 aromatic carbocycles. The van der Waals surface area contributed by atoms with Gasteiger partial charge in [0.1, 0.15) is 18.4 Å². The molecule has 0 heterocycles. The fraction of sp³-hybridized carbons (Fsp3) is 0.700. The highest BCUT2D eigenvalue weighted by Gasteiger charge is 2.31. The van der Waals surface area contributed by atoms with E-state index >= 15 is 0 Å². The van der Waals surface area contributed by atoms with Gasteiger partial charge in [-0.3, -0.25) is 9.59 Å². The molecular weight excluding hydrogens is 228 g/mol. The maximum Gasteiger partial charge on any atom is 0.217 e. The highest BCUT2D eigenvalue weighted by atomic mass is 16.3. The monoisotopic (exact) mass is 246 g/mol. The predicted octanol–water partition coefficient (Wildman–Crippen LogP) is -2.06. The third kappa shape index (κ3) is 5.41. The molecular formula is C10H18N2O5. The molecule has 17 heavy (non-hydrogen) atoms. The Bertz CT molecular complexity index is 292. The van der Waals surface area contributed by atoms with Crippen molar-refractivity contribution in [2.24, 2.45) is 0 Å². The second-order valence-corrected chi connectivity index (χ2v) is 3.82. The number of aliphatic hydroxyl groups excluding tert-OH is 2. The molecule has 4 atom stereocenters. The van der Waals surface area contributed by atoms with Gasteiger partial charge in [-0.05, 0) is 6.92 Å². The third-order valence-corrected chi connectivity index (χ3v) is 2.14. The van der Waals surface area contributed by atoms with E-state index < -0.39 is 36.1 Å². The Balaban J connectivity index is 4.77. The first kappa shape index (κ1) is 15.5. The molecule has 0 bridgehead atoms. The first-order chi connectivity index (χ1) is 7.79. The van der Waals surface area contributed by atoms with Crippen LogP contribution in [0.15, 0.2) is 0 Å². The Hall–Kier alpha value is -1.47. The molecule has 0 aliphatic rings. The minimum absolute atomic E-state index is 0.350. The van der Waals surface area contributed by atoms with Gasteiger partial charge >= 0.3 is 0 Å². The molecule has 0 radical (unpaired) electrons. The first-order valence-electron chi connectivity index (χ1n) is 5.15. The molecule has 0 saturated carbocycles. The fourth-order valence-electron chi connectivity index (χ4n) is 1.38. The molecule has 0 saturated heterocycles. The average molecular weight is 246 g/mol. The van der Waals surface area contributed by atoms with Gasteiger partial charge in [-0.15, -0.1) is 0 Å². The Labute approximate surface area is 99.2 Å². The van der Waals surface area contributed by atoms with Crippen LogP contribution in [0.25, 0.3) is 0 Å². The van der Waals surface area contributed by atoms with Crippen molar-refractivity contribution in [1.29, 1.82) is 0 Å². The van der Waals surface area contributed by atoms with E-state index in [0.717, 1.165) is 0 Å². The third-order valence-electron chi connectivity index (χ3n) is 2.14. The lowest BCUT2D eigenvalue weighted by molar-refractivity contribution is -0.126. The zero-order valence-electron chi connectivity index (χ0n) is 10.0. The van der Waals surface area contributed by atoms with Crippen LogP contribution >= 0.6 is 0 Å². The van der Waals surface area contributed by atoms with E-state index in [1.807, 2.05) is 0 Å². The second kappa shape index (κ2) is 6.97. The summed E-state index contributed by atoms with van der Waals surface area (Å²) in [5.74, 6) is -0.948. The number of hydrogen-bond donors (Lipinski definition) is 4. The van der Waals surface area contributed by atoms with E-state index in [-0.39, 0.29) is 0 Å². The number of amides is 2. The standard InChI is InChI=1S/C10H18N2O5/c1-5(14)9(12-7(3)16)10(17)8(4-13)11-6(2)15/h4-5,8-10,14,17H,1-3H3,(H,11,15)(H,12,16)/t5-,8+,9+,10-/m1/s1. The maximum atomic E-state index is 10.9. The molecule has 0 rings (SSSR count). The molecule has 0 spiro atoms. The Kier molecular flexibility index (Phi) is 6.37. The smallest absolute Gasteiger partial charge is 0.217 e. The van der Waals surface area contributed by atoms with Crippen molar-refractivity contribution in [3.8, 4) is 0 Å². The van der Waals surface area contributed by atoms with Crippen molar-refractivity contribution in [3.05, 3.63) is 0 Å². The van der Waals surface area contributed by atoms with Gasteiger partial charge in [0.2, 0.25) is 11.8 Å². The number of rotatable bonds is 6. The van der Waals surface area contributed by atoms with Gasteiger partial charge in [0.25, 0.3) is 0 Å². The summed E-state index contributed by atoms with van der Waals surface area (Å²) in [5, 5.41) is 23.8. The Morgan fingerprint density at radius 1 is 1.12 bits per heavy atom. The van der Waals surface area contributed by atoms with Crippen molar-refractivity contribution < 1.29 is 24.6 Å². The van der Waals surface area contributed by atoms with E-state index in [1.165, 1.54) is 20.8 Å². The van der Waals surface area contributed by atoms with Gasteiger partial charge in [0.15, 0.2) is 0 Å². The van der Waals surface area contributed by atoms with E-state index in [1.54, 1.807) is 0 Å². The summed E-state index contributed by atoms with van der Waals surface area (Å²) in [7, 11) is 0. The normalized spacial score (nSPS) is 17.5. The SMILES string of the molecule is CC(=O)N[C@H]([C@H](O)[C@H](C=O)NC(C)=O)[C@@H](C)O. The van der Waals surface area contributed by atoms with Gasteiger partial charge in [-0.2, -0.15) is 0 Å². The summed E-state index contributed by atoms with van der Waals surface area (Å²) >= 11 is 0.